The first-order chi connectivity index (χ1) is 25.7. The van der Waals surface area contributed by atoms with Crippen LogP contribution in [0.4, 0.5) is 0 Å². The Morgan fingerprint density at radius 2 is 0.615 bits per heavy atom. The van der Waals surface area contributed by atoms with Gasteiger partial charge in [-0.1, -0.05) is 258 Å². The van der Waals surface area contributed by atoms with Crippen LogP contribution in [-0.2, 0) is 0 Å². The number of rotatable bonds is 43. The van der Waals surface area contributed by atoms with E-state index in [9.17, 15) is 0 Å². The molecule has 0 aliphatic carbocycles. The van der Waals surface area contributed by atoms with Gasteiger partial charge in [0.15, 0.2) is 0 Å². The van der Waals surface area contributed by atoms with Crippen molar-refractivity contribution in [1.82, 2.24) is 4.98 Å². The van der Waals surface area contributed by atoms with E-state index >= 15 is 0 Å². The summed E-state index contributed by atoms with van der Waals surface area (Å²) >= 11 is 0. The van der Waals surface area contributed by atoms with E-state index in [1.165, 1.54) is 263 Å². The number of nitrogens with one attached hydrogen (secondary N) is 1. The van der Waals surface area contributed by atoms with Crippen LogP contribution in [0.3, 0.4) is 0 Å². The highest BCUT2D eigenvalue weighted by atomic mass is 15.1. The molecule has 1 N–H and O–H groups in total. The van der Waals surface area contributed by atoms with Gasteiger partial charge in [-0.05, 0) is 32.6 Å². The molecule has 2 atom stereocenters. The van der Waals surface area contributed by atoms with Gasteiger partial charge in [0.25, 0.3) is 5.82 Å². The molecule has 0 radical (unpaired) electrons. The van der Waals surface area contributed by atoms with Crippen molar-refractivity contribution in [2.45, 2.75) is 303 Å². The molecular weight excluding hydrogens is 629 g/mol. The predicted molar refractivity (Wildman–Crippen MR) is 235 cm³/mol. The van der Waals surface area contributed by atoms with Crippen LogP contribution >= 0.6 is 0 Å². The lowest BCUT2D eigenvalue weighted by atomic mass is 9.92. The molecule has 1 rings (SSSR count). The van der Waals surface area contributed by atoms with E-state index in [1.54, 1.807) is 5.82 Å². The van der Waals surface area contributed by atoms with Gasteiger partial charge in [0.1, 0.15) is 12.4 Å². The van der Waals surface area contributed by atoms with Gasteiger partial charge in [-0.2, -0.15) is 0 Å². The van der Waals surface area contributed by atoms with Crippen LogP contribution < -0.4 is 4.57 Å². The van der Waals surface area contributed by atoms with Crippen molar-refractivity contribution >= 4 is 0 Å². The topological polar surface area (TPSA) is 19.7 Å². The Kier molecular flexibility index (Phi) is 37.8. The molecule has 2 unspecified atom stereocenters. The summed E-state index contributed by atoms with van der Waals surface area (Å²) < 4.78 is 2.66. The average molecular weight is 728 g/mol. The molecule has 1 heterocycles. The maximum atomic E-state index is 3.78. The second kappa shape index (κ2) is 39.9. The molecule has 2 heteroatoms. The minimum atomic E-state index is 0.617. The van der Waals surface area contributed by atoms with Crippen molar-refractivity contribution in [3.8, 4) is 0 Å². The van der Waals surface area contributed by atoms with E-state index in [0.29, 0.717) is 12.0 Å². The Bertz CT molecular complexity index is 798. The lowest BCUT2D eigenvalue weighted by molar-refractivity contribution is -0.727. The van der Waals surface area contributed by atoms with Gasteiger partial charge in [-0.25, -0.2) is 9.55 Å². The summed E-state index contributed by atoms with van der Waals surface area (Å²) in [5.74, 6) is 2.25. The van der Waals surface area contributed by atoms with Crippen LogP contribution in [0.1, 0.15) is 309 Å². The number of hydrogen-bond donors (Lipinski definition) is 1. The van der Waals surface area contributed by atoms with Gasteiger partial charge in [0.2, 0.25) is 0 Å². The SMILES string of the molecule is CCCCCCCCCCCCCCCCCCCC(CCCCCCCCCCCCCC)c1[nH]cc[n+]1C(C)CCCCCCCCCCC. The molecule has 0 fully saturated rings. The Morgan fingerprint density at radius 3 is 0.904 bits per heavy atom. The zero-order chi connectivity index (χ0) is 37.4. The number of imidazole rings is 1. The van der Waals surface area contributed by atoms with Crippen molar-refractivity contribution in [3.05, 3.63) is 18.2 Å². The van der Waals surface area contributed by atoms with Gasteiger partial charge in [0.05, 0.1) is 12.0 Å². The highest BCUT2D eigenvalue weighted by Crippen LogP contribution is 2.28. The molecule has 1 aromatic heterocycles. The molecular formula is C50H99N2+. The van der Waals surface area contributed by atoms with Gasteiger partial charge in [-0.3, -0.25) is 0 Å². The Hall–Kier alpha value is -0.790. The number of aromatic amines is 1. The zero-order valence-electron chi connectivity index (χ0n) is 36.7. The van der Waals surface area contributed by atoms with Crippen molar-refractivity contribution < 1.29 is 4.57 Å². The largest absolute Gasteiger partial charge is 0.257 e. The fourth-order valence-corrected chi connectivity index (χ4v) is 8.73. The lowest BCUT2D eigenvalue weighted by Gasteiger charge is -2.17. The third-order valence-corrected chi connectivity index (χ3v) is 12.4. The summed E-state index contributed by atoms with van der Waals surface area (Å²) in [5.41, 5.74) is 0. The van der Waals surface area contributed by atoms with E-state index in [1.807, 2.05) is 0 Å². The molecule has 0 aliphatic heterocycles. The average Bonchev–Trinajstić information content (AvgIpc) is 3.65. The second-order valence-electron chi connectivity index (χ2n) is 17.5. The van der Waals surface area contributed by atoms with Gasteiger partial charge in [0, 0.05) is 0 Å². The van der Waals surface area contributed by atoms with E-state index in [-0.39, 0.29) is 0 Å². The number of hydrogen-bond acceptors (Lipinski definition) is 0. The summed E-state index contributed by atoms with van der Waals surface area (Å²) in [6.07, 6.45) is 63.6. The summed E-state index contributed by atoms with van der Waals surface area (Å²) in [6, 6.07) is 0.617. The molecule has 0 bridgehead atoms. The molecule has 0 saturated carbocycles. The molecule has 0 aromatic carbocycles. The summed E-state index contributed by atoms with van der Waals surface area (Å²) in [4.78, 5) is 3.78. The maximum Gasteiger partial charge on any atom is 0.257 e. The molecule has 0 spiro atoms. The minimum Gasteiger partial charge on any atom is -0.247 e. The van der Waals surface area contributed by atoms with Crippen LogP contribution in [0.2, 0.25) is 0 Å². The van der Waals surface area contributed by atoms with E-state index < -0.39 is 0 Å². The van der Waals surface area contributed by atoms with Gasteiger partial charge >= 0.3 is 0 Å². The lowest BCUT2D eigenvalue weighted by Crippen LogP contribution is -2.41. The Morgan fingerprint density at radius 1 is 0.365 bits per heavy atom. The van der Waals surface area contributed by atoms with Gasteiger partial charge < -0.3 is 0 Å². The second-order valence-corrected chi connectivity index (χ2v) is 17.5. The highest BCUT2D eigenvalue weighted by Gasteiger charge is 2.25. The van der Waals surface area contributed by atoms with E-state index in [2.05, 4.69) is 49.6 Å². The third kappa shape index (κ3) is 30.5. The maximum absolute atomic E-state index is 3.78. The normalized spacial score (nSPS) is 12.9. The van der Waals surface area contributed by atoms with E-state index in [0.717, 1.165) is 0 Å². The van der Waals surface area contributed by atoms with Crippen molar-refractivity contribution in [3.63, 3.8) is 0 Å². The smallest absolute Gasteiger partial charge is 0.247 e. The van der Waals surface area contributed by atoms with Crippen LogP contribution in [0.5, 0.6) is 0 Å². The molecule has 0 aliphatic rings. The first-order valence-corrected chi connectivity index (χ1v) is 24.8. The highest BCUT2D eigenvalue weighted by molar-refractivity contribution is 4.90. The van der Waals surface area contributed by atoms with E-state index in [4.69, 9.17) is 0 Å². The quantitative estimate of drug-likeness (QED) is 0.0510. The Labute approximate surface area is 329 Å². The third-order valence-electron chi connectivity index (χ3n) is 12.4. The number of unbranched alkanes of at least 4 members (excludes halogenated alkanes) is 35. The van der Waals surface area contributed by atoms with Crippen LogP contribution in [0.15, 0.2) is 12.4 Å². The number of nitrogens with zero attached hydrogens (tertiary/aromatic N) is 1. The molecule has 52 heavy (non-hydrogen) atoms. The molecule has 2 nitrogen and oxygen atoms in total. The molecule has 1 aromatic rings. The van der Waals surface area contributed by atoms with Crippen molar-refractivity contribution in [2.75, 3.05) is 0 Å². The van der Waals surface area contributed by atoms with Crippen molar-refractivity contribution in [2.24, 2.45) is 0 Å². The fraction of sp³-hybridized carbons (Fsp3) is 0.940. The number of H-pyrrole nitrogens is 1. The summed E-state index contributed by atoms with van der Waals surface area (Å²) in [7, 11) is 0. The minimum absolute atomic E-state index is 0.617. The van der Waals surface area contributed by atoms with Crippen LogP contribution in [0.25, 0.3) is 0 Å². The first-order valence-electron chi connectivity index (χ1n) is 24.8. The molecule has 308 valence electrons. The van der Waals surface area contributed by atoms with Crippen LogP contribution in [-0.4, -0.2) is 4.98 Å². The van der Waals surface area contributed by atoms with Gasteiger partial charge in [-0.15, -0.1) is 0 Å². The Balaban J connectivity index is 2.34. The first kappa shape index (κ1) is 49.2. The fourth-order valence-electron chi connectivity index (χ4n) is 8.73. The summed E-state index contributed by atoms with van der Waals surface area (Å²) in [5, 5.41) is 0. The predicted octanol–water partition coefficient (Wildman–Crippen LogP) is 18.0. The number of aromatic nitrogens is 2. The van der Waals surface area contributed by atoms with Crippen molar-refractivity contribution in [1.29, 1.82) is 0 Å². The molecule has 0 saturated heterocycles. The zero-order valence-corrected chi connectivity index (χ0v) is 36.7. The van der Waals surface area contributed by atoms with Crippen LogP contribution in [0, 0.1) is 0 Å². The molecule has 0 amide bonds. The summed E-state index contributed by atoms with van der Waals surface area (Å²) in [6.45, 7) is 9.44. The monoisotopic (exact) mass is 728 g/mol. The standard InChI is InChI=1S/C50H98N2/c1-5-8-11-14-17-20-22-24-25-26-27-28-30-33-36-39-42-45-49(44-41-38-35-32-29-23-21-18-15-12-9-6-2)50-51-46-47-52(50)48(4)43-40-37-34-31-19-16-13-10-7-3/h46-49H,5-45H2,1-4H3/p+1.